The maximum Gasteiger partial charge on any atom is 0.333 e. The molecule has 3 aromatic rings. The van der Waals surface area contributed by atoms with Crippen molar-refractivity contribution < 1.29 is 24.2 Å². The fourth-order valence-electron chi connectivity index (χ4n) is 3.36. The van der Waals surface area contributed by atoms with E-state index in [1.807, 2.05) is 63.4 Å². The van der Waals surface area contributed by atoms with Gasteiger partial charge in [-0.05, 0) is 50.3 Å². The van der Waals surface area contributed by atoms with E-state index in [9.17, 15) is 14.7 Å². The fraction of sp³-hybridized carbons (Fsp3) is 0.400. The molecule has 0 saturated heterocycles. The first-order valence-electron chi connectivity index (χ1n) is 11.2. The number of ether oxygens (including phenoxy) is 2. The first-order chi connectivity index (χ1) is 16.3. The highest BCUT2D eigenvalue weighted by molar-refractivity contribution is 7.22. The second-order valence-corrected chi connectivity index (χ2v) is 10.0. The average molecular weight is 503 g/mol. The number of rotatable bonds is 12. The number of thiophene rings is 1. The molecule has 0 fully saturated rings. The molecule has 0 saturated carbocycles. The molecule has 0 aliphatic heterocycles. The molecule has 2 aromatic heterocycles. The number of thiazole rings is 1. The van der Waals surface area contributed by atoms with Crippen molar-refractivity contribution in [3.05, 3.63) is 57.4 Å². The van der Waals surface area contributed by atoms with Gasteiger partial charge in [0.15, 0.2) is 6.10 Å². The lowest BCUT2D eigenvalue weighted by atomic mass is 10.0. The van der Waals surface area contributed by atoms with Crippen LogP contribution >= 0.6 is 22.7 Å². The molecule has 1 amide bonds. The Bertz CT molecular complexity index is 1110. The SMILES string of the molecule is CCCOc1ccc(CC(OC(C)C)C(=O)O)cc1CNC(=O)c1sc(-c2cccs2)nc1C. The van der Waals surface area contributed by atoms with Gasteiger partial charge in [0, 0.05) is 18.5 Å². The number of benzene rings is 1. The molecule has 2 N–H and O–H groups in total. The van der Waals surface area contributed by atoms with Crippen LogP contribution < -0.4 is 10.1 Å². The summed E-state index contributed by atoms with van der Waals surface area (Å²) in [7, 11) is 0. The van der Waals surface area contributed by atoms with Crippen molar-refractivity contribution in [3.8, 4) is 15.6 Å². The van der Waals surface area contributed by atoms with Crippen molar-refractivity contribution in [2.75, 3.05) is 6.61 Å². The van der Waals surface area contributed by atoms with Crippen LogP contribution in [0.5, 0.6) is 5.75 Å². The maximum absolute atomic E-state index is 12.9. The summed E-state index contributed by atoms with van der Waals surface area (Å²) in [5.41, 5.74) is 2.28. The van der Waals surface area contributed by atoms with Crippen molar-refractivity contribution >= 4 is 34.6 Å². The molecule has 0 aliphatic carbocycles. The third-order valence-electron chi connectivity index (χ3n) is 4.89. The molecule has 7 nitrogen and oxygen atoms in total. The third kappa shape index (κ3) is 6.88. The molecule has 2 heterocycles. The summed E-state index contributed by atoms with van der Waals surface area (Å²) in [4.78, 5) is 30.7. The van der Waals surface area contributed by atoms with Crippen LogP contribution in [0.15, 0.2) is 35.7 Å². The summed E-state index contributed by atoms with van der Waals surface area (Å²) in [6, 6.07) is 9.50. The second kappa shape index (κ2) is 12.1. The molecule has 9 heteroatoms. The van der Waals surface area contributed by atoms with Crippen LogP contribution in [0.25, 0.3) is 9.88 Å². The quantitative estimate of drug-likeness (QED) is 0.348. The van der Waals surface area contributed by atoms with Gasteiger partial charge < -0.3 is 19.9 Å². The van der Waals surface area contributed by atoms with Gasteiger partial charge in [-0.15, -0.1) is 22.7 Å². The lowest BCUT2D eigenvalue weighted by Crippen LogP contribution is -2.29. The molecule has 1 aromatic carbocycles. The third-order valence-corrected chi connectivity index (χ3v) is 7.09. The summed E-state index contributed by atoms with van der Waals surface area (Å²) >= 11 is 2.96. The molecule has 0 bridgehead atoms. The molecular weight excluding hydrogens is 472 g/mol. The monoisotopic (exact) mass is 502 g/mol. The number of carbonyl (C=O) groups excluding carboxylic acids is 1. The highest BCUT2D eigenvalue weighted by atomic mass is 32.1. The fourth-order valence-corrected chi connectivity index (χ4v) is 5.13. The normalized spacial score (nSPS) is 12.0. The summed E-state index contributed by atoms with van der Waals surface area (Å²) in [6.07, 6.45) is -0.0719. The van der Waals surface area contributed by atoms with E-state index < -0.39 is 12.1 Å². The molecule has 182 valence electrons. The highest BCUT2D eigenvalue weighted by Crippen LogP contribution is 2.31. The van der Waals surface area contributed by atoms with Gasteiger partial charge in [0.1, 0.15) is 15.6 Å². The van der Waals surface area contributed by atoms with Crippen LogP contribution in [-0.2, 0) is 22.5 Å². The van der Waals surface area contributed by atoms with Crippen LogP contribution in [0, 0.1) is 6.92 Å². The van der Waals surface area contributed by atoms with Gasteiger partial charge in [0.2, 0.25) is 0 Å². The summed E-state index contributed by atoms with van der Waals surface area (Å²) in [6.45, 7) is 8.27. The minimum absolute atomic E-state index is 0.198. The zero-order valence-corrected chi connectivity index (χ0v) is 21.4. The summed E-state index contributed by atoms with van der Waals surface area (Å²) < 4.78 is 11.4. The second-order valence-electron chi connectivity index (χ2n) is 8.10. The zero-order chi connectivity index (χ0) is 24.7. The van der Waals surface area contributed by atoms with Crippen molar-refractivity contribution in [2.45, 2.75) is 59.3 Å². The number of amides is 1. The van der Waals surface area contributed by atoms with E-state index in [4.69, 9.17) is 9.47 Å². The Morgan fingerprint density at radius 2 is 2.03 bits per heavy atom. The number of aromatic nitrogens is 1. The lowest BCUT2D eigenvalue weighted by Gasteiger charge is -2.18. The molecule has 0 spiro atoms. The van der Waals surface area contributed by atoms with E-state index in [1.54, 1.807) is 11.3 Å². The van der Waals surface area contributed by atoms with Crippen molar-refractivity contribution in [1.82, 2.24) is 10.3 Å². The minimum Gasteiger partial charge on any atom is -0.493 e. The Morgan fingerprint density at radius 3 is 2.68 bits per heavy atom. The Morgan fingerprint density at radius 1 is 1.24 bits per heavy atom. The Balaban J connectivity index is 1.76. The average Bonchev–Trinajstić information content (AvgIpc) is 3.45. The van der Waals surface area contributed by atoms with Crippen LogP contribution in [-0.4, -0.2) is 40.8 Å². The summed E-state index contributed by atoms with van der Waals surface area (Å²) in [5, 5.41) is 15.3. The standard InChI is InChI=1S/C25H30N2O5S2/c1-5-10-31-19-9-8-17(13-20(25(29)30)32-15(2)3)12-18(19)14-26-23(28)22-16(4)27-24(34-22)21-7-6-11-33-21/h6-9,11-12,15,20H,5,10,13-14H2,1-4H3,(H,26,28)(H,29,30). The van der Waals surface area contributed by atoms with Gasteiger partial charge in [0.25, 0.3) is 5.91 Å². The lowest BCUT2D eigenvalue weighted by molar-refractivity contribution is -0.153. The molecule has 0 radical (unpaired) electrons. The van der Waals surface area contributed by atoms with Crippen molar-refractivity contribution in [3.63, 3.8) is 0 Å². The molecule has 0 aliphatic rings. The van der Waals surface area contributed by atoms with E-state index in [-0.39, 0.29) is 25.0 Å². The Labute approximate surface area is 207 Å². The van der Waals surface area contributed by atoms with Crippen LogP contribution in [0.2, 0.25) is 0 Å². The van der Waals surface area contributed by atoms with E-state index >= 15 is 0 Å². The molecule has 34 heavy (non-hydrogen) atoms. The zero-order valence-electron chi connectivity index (χ0n) is 19.8. The predicted octanol–water partition coefficient (Wildman–Crippen LogP) is 5.32. The van der Waals surface area contributed by atoms with Crippen LogP contribution in [0.1, 0.15) is 53.7 Å². The molecular formula is C25H30N2O5S2. The van der Waals surface area contributed by atoms with Gasteiger partial charge in [-0.1, -0.05) is 25.1 Å². The van der Waals surface area contributed by atoms with Crippen LogP contribution in [0.4, 0.5) is 0 Å². The number of aliphatic carboxylic acids is 1. The number of carboxylic acids is 1. The summed E-state index contributed by atoms with van der Waals surface area (Å²) in [5.74, 6) is -0.531. The van der Waals surface area contributed by atoms with Crippen LogP contribution in [0.3, 0.4) is 0 Å². The highest BCUT2D eigenvalue weighted by Gasteiger charge is 2.21. The van der Waals surface area contributed by atoms with Gasteiger partial charge in [-0.25, -0.2) is 9.78 Å². The molecule has 3 rings (SSSR count). The van der Waals surface area contributed by atoms with E-state index in [0.29, 0.717) is 22.9 Å². The number of carboxylic acid groups (broad SMARTS) is 1. The van der Waals surface area contributed by atoms with Crippen molar-refractivity contribution in [1.29, 1.82) is 0 Å². The first-order valence-corrected chi connectivity index (χ1v) is 12.9. The van der Waals surface area contributed by atoms with E-state index in [2.05, 4.69) is 10.3 Å². The van der Waals surface area contributed by atoms with Gasteiger partial charge in [0.05, 0.1) is 23.3 Å². The number of nitrogens with zero attached hydrogens (tertiary/aromatic N) is 1. The number of hydrogen-bond donors (Lipinski definition) is 2. The number of hydrogen-bond acceptors (Lipinski definition) is 7. The minimum atomic E-state index is -1.00. The maximum atomic E-state index is 12.9. The van der Waals surface area contributed by atoms with Gasteiger partial charge in [-0.3, -0.25) is 4.79 Å². The molecule has 1 unspecified atom stereocenters. The Hall–Kier alpha value is -2.75. The Kier molecular flexibility index (Phi) is 9.20. The molecule has 1 atom stereocenters. The first kappa shape index (κ1) is 25.9. The topological polar surface area (TPSA) is 97.8 Å². The van der Waals surface area contributed by atoms with Crippen molar-refractivity contribution in [2.24, 2.45) is 0 Å². The largest absolute Gasteiger partial charge is 0.493 e. The number of carbonyl (C=O) groups is 2. The number of nitrogens with one attached hydrogen (secondary N) is 1. The smallest absolute Gasteiger partial charge is 0.333 e. The van der Waals surface area contributed by atoms with Gasteiger partial charge >= 0.3 is 5.97 Å². The predicted molar refractivity (Wildman–Crippen MR) is 135 cm³/mol. The number of aryl methyl sites for hydroxylation is 1. The van der Waals surface area contributed by atoms with Gasteiger partial charge in [-0.2, -0.15) is 0 Å². The van der Waals surface area contributed by atoms with E-state index in [1.165, 1.54) is 11.3 Å². The van der Waals surface area contributed by atoms with E-state index in [0.717, 1.165) is 27.4 Å².